The van der Waals surface area contributed by atoms with Crippen LogP contribution in [0, 0.1) is 0 Å². The molecule has 0 aliphatic heterocycles. The van der Waals surface area contributed by atoms with Crippen LogP contribution in [-0.2, 0) is 11.0 Å². The molecule has 2 N–H and O–H groups in total. The molecule has 27 heavy (non-hydrogen) atoms. The van der Waals surface area contributed by atoms with E-state index in [4.69, 9.17) is 0 Å². The Morgan fingerprint density at radius 2 is 1.59 bits per heavy atom. The van der Waals surface area contributed by atoms with Crippen LogP contribution < -0.4 is 10.6 Å². The SMILES string of the molecule is O=C(/C=C/c1ccc(C(=O)NC2CC2)cc1)Nc1ccc(C(F)(F)F)cc1. The van der Waals surface area contributed by atoms with E-state index < -0.39 is 17.6 Å². The van der Waals surface area contributed by atoms with Gasteiger partial charge >= 0.3 is 6.18 Å². The molecule has 2 aromatic rings. The average Bonchev–Trinajstić information content (AvgIpc) is 3.44. The molecule has 1 fully saturated rings. The van der Waals surface area contributed by atoms with Gasteiger partial charge in [0.2, 0.25) is 5.91 Å². The van der Waals surface area contributed by atoms with Crippen LogP contribution in [0.1, 0.15) is 34.3 Å². The molecule has 0 aromatic heterocycles. The molecule has 0 atom stereocenters. The Kier molecular flexibility index (Phi) is 5.30. The number of hydrogen-bond donors (Lipinski definition) is 2. The van der Waals surface area contributed by atoms with Crippen LogP contribution in [0.2, 0.25) is 0 Å². The number of nitrogens with one attached hydrogen (secondary N) is 2. The zero-order valence-corrected chi connectivity index (χ0v) is 14.2. The highest BCUT2D eigenvalue weighted by Gasteiger charge is 2.30. The first kappa shape index (κ1) is 18.7. The molecule has 0 heterocycles. The summed E-state index contributed by atoms with van der Waals surface area (Å²) in [6, 6.07) is 11.3. The largest absolute Gasteiger partial charge is 0.416 e. The third-order valence-corrected chi connectivity index (χ3v) is 3.99. The van der Waals surface area contributed by atoms with Crippen molar-refractivity contribution in [2.45, 2.75) is 25.1 Å². The summed E-state index contributed by atoms with van der Waals surface area (Å²) in [6.07, 6.45) is 0.449. The smallest absolute Gasteiger partial charge is 0.349 e. The van der Waals surface area contributed by atoms with Crippen LogP contribution in [0.15, 0.2) is 54.6 Å². The molecular weight excluding hydrogens is 357 g/mol. The summed E-state index contributed by atoms with van der Waals surface area (Å²) in [5.41, 5.74) is 0.764. The number of alkyl halides is 3. The standard InChI is InChI=1S/C20H17F3N2O2/c21-20(22,23)15-6-8-16(9-7-15)24-18(26)12-3-13-1-4-14(5-2-13)19(27)25-17-10-11-17/h1-9,12,17H,10-11H2,(H,24,26)(H,25,27)/b12-3+. The minimum atomic E-state index is -4.41. The number of anilines is 1. The number of carbonyl (C=O) groups is 2. The maximum absolute atomic E-state index is 12.5. The van der Waals surface area contributed by atoms with Gasteiger partial charge in [-0.15, -0.1) is 0 Å². The lowest BCUT2D eigenvalue weighted by molar-refractivity contribution is -0.137. The normalized spacial score (nSPS) is 14.2. The molecule has 2 amide bonds. The number of amides is 2. The molecule has 1 saturated carbocycles. The van der Waals surface area contributed by atoms with Crippen molar-refractivity contribution in [3.63, 3.8) is 0 Å². The van der Waals surface area contributed by atoms with Gasteiger partial charge in [0.25, 0.3) is 5.91 Å². The van der Waals surface area contributed by atoms with Crippen molar-refractivity contribution < 1.29 is 22.8 Å². The summed E-state index contributed by atoms with van der Waals surface area (Å²) < 4.78 is 37.5. The third-order valence-electron chi connectivity index (χ3n) is 3.99. The third kappa shape index (κ3) is 5.44. The Morgan fingerprint density at radius 3 is 2.15 bits per heavy atom. The zero-order valence-electron chi connectivity index (χ0n) is 14.2. The van der Waals surface area contributed by atoms with Crippen molar-refractivity contribution in [3.05, 3.63) is 71.3 Å². The van der Waals surface area contributed by atoms with Gasteiger partial charge in [-0.1, -0.05) is 12.1 Å². The molecule has 0 bridgehead atoms. The van der Waals surface area contributed by atoms with Crippen molar-refractivity contribution in [1.82, 2.24) is 5.32 Å². The second-order valence-corrected chi connectivity index (χ2v) is 6.27. The van der Waals surface area contributed by atoms with Crippen molar-refractivity contribution >= 4 is 23.6 Å². The van der Waals surface area contributed by atoms with Gasteiger partial charge in [0.05, 0.1) is 5.56 Å². The predicted octanol–water partition coefficient (Wildman–Crippen LogP) is 4.25. The van der Waals surface area contributed by atoms with E-state index in [-0.39, 0.29) is 17.6 Å². The number of benzene rings is 2. The van der Waals surface area contributed by atoms with Gasteiger partial charge in [-0.2, -0.15) is 13.2 Å². The predicted molar refractivity (Wildman–Crippen MR) is 96.0 cm³/mol. The van der Waals surface area contributed by atoms with E-state index in [0.717, 1.165) is 30.5 Å². The minimum absolute atomic E-state index is 0.118. The monoisotopic (exact) mass is 374 g/mol. The molecule has 7 heteroatoms. The van der Waals surface area contributed by atoms with Crippen LogP contribution in [0.4, 0.5) is 18.9 Å². The summed E-state index contributed by atoms with van der Waals surface area (Å²) in [7, 11) is 0. The number of rotatable bonds is 5. The van der Waals surface area contributed by atoms with Gasteiger partial charge in [-0.25, -0.2) is 0 Å². The second kappa shape index (κ2) is 7.65. The topological polar surface area (TPSA) is 58.2 Å². The van der Waals surface area contributed by atoms with Crippen LogP contribution in [0.5, 0.6) is 0 Å². The fourth-order valence-corrected chi connectivity index (χ4v) is 2.34. The summed E-state index contributed by atoms with van der Waals surface area (Å²) in [5.74, 6) is -0.585. The van der Waals surface area contributed by atoms with Crippen LogP contribution in [-0.4, -0.2) is 17.9 Å². The highest BCUT2D eigenvalue weighted by molar-refractivity contribution is 6.02. The molecule has 0 radical (unpaired) electrons. The van der Waals surface area contributed by atoms with E-state index in [1.807, 2.05) is 0 Å². The number of hydrogen-bond acceptors (Lipinski definition) is 2. The van der Waals surface area contributed by atoms with E-state index in [0.29, 0.717) is 5.56 Å². The quantitative estimate of drug-likeness (QED) is 0.769. The zero-order chi connectivity index (χ0) is 19.4. The van der Waals surface area contributed by atoms with Gasteiger partial charge in [-0.3, -0.25) is 9.59 Å². The molecule has 0 spiro atoms. The van der Waals surface area contributed by atoms with Crippen molar-refractivity contribution in [2.75, 3.05) is 5.32 Å². The fraction of sp³-hybridized carbons (Fsp3) is 0.200. The lowest BCUT2D eigenvalue weighted by Gasteiger charge is -2.07. The first-order chi connectivity index (χ1) is 12.8. The maximum atomic E-state index is 12.5. The lowest BCUT2D eigenvalue weighted by atomic mass is 10.1. The van der Waals surface area contributed by atoms with E-state index in [1.165, 1.54) is 18.2 Å². The maximum Gasteiger partial charge on any atom is 0.416 e. The Hall–Kier alpha value is -3.09. The summed E-state index contributed by atoms with van der Waals surface area (Å²) in [5, 5.41) is 5.38. The average molecular weight is 374 g/mol. The van der Waals surface area contributed by atoms with Crippen LogP contribution in [0.3, 0.4) is 0 Å². The second-order valence-electron chi connectivity index (χ2n) is 6.27. The van der Waals surface area contributed by atoms with E-state index >= 15 is 0 Å². The summed E-state index contributed by atoms with van der Waals surface area (Å²) >= 11 is 0. The van der Waals surface area contributed by atoms with Gasteiger partial charge < -0.3 is 10.6 Å². The van der Waals surface area contributed by atoms with Crippen molar-refractivity contribution in [1.29, 1.82) is 0 Å². The van der Waals surface area contributed by atoms with Crippen LogP contribution in [0.25, 0.3) is 6.08 Å². The Balaban J connectivity index is 1.55. The Labute approximate surface area is 154 Å². The highest BCUT2D eigenvalue weighted by Crippen LogP contribution is 2.29. The fourth-order valence-electron chi connectivity index (χ4n) is 2.34. The molecule has 0 unspecified atom stereocenters. The Morgan fingerprint density at radius 1 is 0.963 bits per heavy atom. The van der Waals surface area contributed by atoms with Gasteiger partial charge in [-0.05, 0) is 60.9 Å². The van der Waals surface area contributed by atoms with Crippen LogP contribution >= 0.6 is 0 Å². The van der Waals surface area contributed by atoms with E-state index in [1.54, 1.807) is 30.3 Å². The first-order valence-corrected chi connectivity index (χ1v) is 8.38. The van der Waals surface area contributed by atoms with E-state index in [2.05, 4.69) is 10.6 Å². The van der Waals surface area contributed by atoms with E-state index in [9.17, 15) is 22.8 Å². The molecule has 1 aliphatic rings. The van der Waals surface area contributed by atoms with Crippen molar-refractivity contribution in [3.8, 4) is 0 Å². The van der Waals surface area contributed by atoms with Crippen molar-refractivity contribution in [2.24, 2.45) is 0 Å². The molecule has 3 rings (SSSR count). The molecule has 140 valence electrons. The first-order valence-electron chi connectivity index (χ1n) is 8.38. The molecule has 2 aromatic carbocycles. The molecule has 0 saturated heterocycles. The minimum Gasteiger partial charge on any atom is -0.349 e. The summed E-state index contributed by atoms with van der Waals surface area (Å²) in [4.78, 5) is 23.8. The number of halogens is 3. The lowest BCUT2D eigenvalue weighted by Crippen LogP contribution is -2.25. The molecular formula is C20H17F3N2O2. The van der Waals surface area contributed by atoms with Gasteiger partial charge in [0.15, 0.2) is 0 Å². The molecule has 1 aliphatic carbocycles. The Bertz CT molecular complexity index is 852. The molecule has 4 nitrogen and oxygen atoms in total. The van der Waals surface area contributed by atoms with Gasteiger partial charge in [0.1, 0.15) is 0 Å². The summed E-state index contributed by atoms with van der Waals surface area (Å²) in [6.45, 7) is 0. The number of carbonyl (C=O) groups excluding carboxylic acids is 2. The van der Waals surface area contributed by atoms with Gasteiger partial charge in [0, 0.05) is 23.4 Å². The highest BCUT2D eigenvalue weighted by atomic mass is 19.4.